The van der Waals surface area contributed by atoms with Gasteiger partial charge < -0.3 is 4.42 Å². The van der Waals surface area contributed by atoms with Crippen LogP contribution in [0.5, 0.6) is 0 Å². The van der Waals surface area contributed by atoms with Gasteiger partial charge in [-0.3, -0.25) is 0 Å². The second-order valence-corrected chi connectivity index (χ2v) is 3.13. The van der Waals surface area contributed by atoms with Crippen LogP contribution in [0, 0.1) is 6.92 Å². The van der Waals surface area contributed by atoms with Gasteiger partial charge in [-0.1, -0.05) is 18.2 Å². The number of benzene rings is 1. The highest BCUT2D eigenvalue weighted by Gasteiger charge is 2.14. The summed E-state index contributed by atoms with van der Waals surface area (Å²) in [6.07, 6.45) is 3.60. The molecular formula is C11H12NO+. The zero-order valence-electron chi connectivity index (χ0n) is 7.82. The number of hydrogen-bond donors (Lipinski definition) is 0. The van der Waals surface area contributed by atoms with E-state index in [0.717, 1.165) is 11.5 Å². The lowest BCUT2D eigenvalue weighted by atomic mass is 10.1. The molecular weight excluding hydrogens is 162 g/mol. The molecule has 13 heavy (non-hydrogen) atoms. The van der Waals surface area contributed by atoms with Gasteiger partial charge in [0.2, 0.25) is 6.20 Å². The Morgan fingerprint density at radius 1 is 1.23 bits per heavy atom. The number of aryl methyl sites for hydroxylation is 2. The molecule has 0 amide bonds. The lowest BCUT2D eigenvalue weighted by Crippen LogP contribution is -2.27. The van der Waals surface area contributed by atoms with E-state index in [9.17, 15) is 0 Å². The van der Waals surface area contributed by atoms with Crippen LogP contribution in [-0.2, 0) is 7.05 Å². The molecule has 2 rings (SSSR count). The second kappa shape index (κ2) is 3.05. The van der Waals surface area contributed by atoms with Crippen LogP contribution in [0.1, 0.15) is 5.56 Å². The van der Waals surface area contributed by atoms with Crippen molar-refractivity contribution in [1.29, 1.82) is 0 Å². The largest absolute Gasteiger partial charge is 0.406 e. The maximum atomic E-state index is 5.39. The van der Waals surface area contributed by atoms with Gasteiger partial charge in [0.25, 0.3) is 0 Å². The average Bonchev–Trinajstić information content (AvgIpc) is 2.52. The van der Waals surface area contributed by atoms with Crippen molar-refractivity contribution in [3.8, 4) is 11.5 Å². The Kier molecular flexibility index (Phi) is 1.89. The van der Waals surface area contributed by atoms with E-state index >= 15 is 0 Å². The molecule has 0 spiro atoms. The molecule has 0 aliphatic carbocycles. The molecule has 0 atom stereocenters. The first-order valence-corrected chi connectivity index (χ1v) is 4.28. The Bertz CT molecular complexity index is 418. The average molecular weight is 174 g/mol. The Morgan fingerprint density at radius 2 is 2.00 bits per heavy atom. The highest BCUT2D eigenvalue weighted by molar-refractivity contribution is 5.55. The maximum absolute atomic E-state index is 5.39. The Labute approximate surface area is 77.4 Å². The van der Waals surface area contributed by atoms with Crippen LogP contribution in [0.4, 0.5) is 0 Å². The van der Waals surface area contributed by atoms with Crippen LogP contribution in [0.3, 0.4) is 0 Å². The van der Waals surface area contributed by atoms with Gasteiger partial charge >= 0.3 is 5.89 Å². The summed E-state index contributed by atoms with van der Waals surface area (Å²) in [7, 11) is 1.98. The zero-order valence-corrected chi connectivity index (χ0v) is 7.82. The van der Waals surface area contributed by atoms with Gasteiger partial charge in [0.1, 0.15) is 7.05 Å². The Balaban J connectivity index is 2.59. The molecule has 2 nitrogen and oxygen atoms in total. The standard InChI is InChI=1S/C11H12NO/c1-9-5-3-4-6-10(9)11-12(2)7-8-13-11/h3-8H,1-2H3/q+1. The van der Waals surface area contributed by atoms with Crippen molar-refractivity contribution in [1.82, 2.24) is 0 Å². The van der Waals surface area contributed by atoms with E-state index in [1.165, 1.54) is 5.56 Å². The third-order valence-corrected chi connectivity index (χ3v) is 2.16. The minimum Gasteiger partial charge on any atom is -0.406 e. The molecule has 0 saturated carbocycles. The maximum Gasteiger partial charge on any atom is 0.380 e. The first-order chi connectivity index (χ1) is 6.29. The topological polar surface area (TPSA) is 17.0 Å². The number of hydrogen-bond acceptors (Lipinski definition) is 1. The third kappa shape index (κ3) is 1.35. The van der Waals surface area contributed by atoms with Crippen molar-refractivity contribution in [2.45, 2.75) is 6.92 Å². The molecule has 2 heteroatoms. The first-order valence-electron chi connectivity index (χ1n) is 4.28. The van der Waals surface area contributed by atoms with Gasteiger partial charge in [-0.2, -0.15) is 4.57 Å². The van der Waals surface area contributed by atoms with Crippen molar-refractivity contribution >= 4 is 0 Å². The smallest absolute Gasteiger partial charge is 0.380 e. The van der Waals surface area contributed by atoms with E-state index in [4.69, 9.17) is 4.42 Å². The first kappa shape index (κ1) is 8.05. The zero-order chi connectivity index (χ0) is 9.26. The fourth-order valence-electron chi connectivity index (χ4n) is 1.40. The second-order valence-electron chi connectivity index (χ2n) is 3.13. The van der Waals surface area contributed by atoms with Crippen LogP contribution in [0.2, 0.25) is 0 Å². The number of nitrogens with zero attached hydrogens (tertiary/aromatic N) is 1. The van der Waals surface area contributed by atoms with Crippen molar-refractivity contribution in [2.24, 2.45) is 7.05 Å². The monoisotopic (exact) mass is 174 g/mol. The van der Waals surface area contributed by atoms with Gasteiger partial charge in [-0.15, -0.1) is 0 Å². The van der Waals surface area contributed by atoms with E-state index in [1.807, 2.05) is 29.9 Å². The minimum absolute atomic E-state index is 0.901. The molecule has 1 aromatic carbocycles. The van der Waals surface area contributed by atoms with Crippen LogP contribution in [0.15, 0.2) is 41.1 Å². The van der Waals surface area contributed by atoms with Crippen LogP contribution >= 0.6 is 0 Å². The van der Waals surface area contributed by atoms with Crippen molar-refractivity contribution in [2.75, 3.05) is 0 Å². The number of aromatic nitrogens is 1. The molecule has 0 aliphatic rings. The molecule has 0 radical (unpaired) electrons. The fraction of sp³-hybridized carbons (Fsp3) is 0.182. The molecule has 0 aliphatic heterocycles. The predicted octanol–water partition coefficient (Wildman–Crippen LogP) is 2.08. The Morgan fingerprint density at radius 3 is 2.62 bits per heavy atom. The van der Waals surface area contributed by atoms with E-state index in [0.29, 0.717) is 0 Å². The number of rotatable bonds is 1. The molecule has 66 valence electrons. The summed E-state index contributed by atoms with van der Waals surface area (Å²) in [5.74, 6) is 0.901. The summed E-state index contributed by atoms with van der Waals surface area (Å²) in [6, 6.07) is 8.19. The molecule has 0 fully saturated rings. The van der Waals surface area contributed by atoms with Crippen LogP contribution in [0.25, 0.3) is 11.5 Å². The molecule has 0 N–H and O–H groups in total. The summed E-state index contributed by atoms with van der Waals surface area (Å²) < 4.78 is 7.37. The van der Waals surface area contributed by atoms with Gasteiger partial charge in [0.05, 0.1) is 5.56 Å². The quantitative estimate of drug-likeness (QED) is 0.605. The van der Waals surface area contributed by atoms with E-state index in [2.05, 4.69) is 19.1 Å². The van der Waals surface area contributed by atoms with Crippen LogP contribution in [-0.4, -0.2) is 0 Å². The van der Waals surface area contributed by atoms with E-state index in [-0.39, 0.29) is 0 Å². The van der Waals surface area contributed by atoms with Gasteiger partial charge in [0, 0.05) is 0 Å². The molecule has 0 unspecified atom stereocenters. The summed E-state index contributed by atoms with van der Waals surface area (Å²) in [4.78, 5) is 0. The normalized spacial score (nSPS) is 10.3. The molecule has 1 aromatic heterocycles. The lowest BCUT2D eigenvalue weighted by Gasteiger charge is -1.97. The van der Waals surface area contributed by atoms with Crippen molar-refractivity contribution in [3.05, 3.63) is 42.3 Å². The summed E-state index contributed by atoms with van der Waals surface area (Å²) >= 11 is 0. The van der Waals surface area contributed by atoms with Crippen LogP contribution < -0.4 is 4.57 Å². The molecule has 2 aromatic rings. The number of oxazole rings is 1. The molecule has 1 heterocycles. The highest BCUT2D eigenvalue weighted by atomic mass is 16.3. The minimum atomic E-state index is 0.901. The highest BCUT2D eigenvalue weighted by Crippen LogP contribution is 2.19. The van der Waals surface area contributed by atoms with Crippen molar-refractivity contribution in [3.63, 3.8) is 0 Å². The lowest BCUT2D eigenvalue weighted by molar-refractivity contribution is -0.662. The summed E-state index contributed by atoms with van der Waals surface area (Å²) in [5, 5.41) is 0. The van der Waals surface area contributed by atoms with Gasteiger partial charge in [-0.05, 0) is 18.6 Å². The van der Waals surface area contributed by atoms with E-state index < -0.39 is 0 Å². The van der Waals surface area contributed by atoms with Gasteiger partial charge in [0.15, 0.2) is 6.26 Å². The summed E-state index contributed by atoms with van der Waals surface area (Å²) in [5.41, 5.74) is 2.38. The fourth-order valence-corrected chi connectivity index (χ4v) is 1.40. The SMILES string of the molecule is Cc1ccccc1-c1occ[n+]1C. The van der Waals surface area contributed by atoms with Crippen molar-refractivity contribution < 1.29 is 8.98 Å². The third-order valence-electron chi connectivity index (χ3n) is 2.16. The predicted molar refractivity (Wildman–Crippen MR) is 50.1 cm³/mol. The van der Waals surface area contributed by atoms with E-state index in [1.54, 1.807) is 6.26 Å². The molecule has 0 bridgehead atoms. The summed E-state index contributed by atoms with van der Waals surface area (Å²) in [6.45, 7) is 2.08. The van der Waals surface area contributed by atoms with Gasteiger partial charge in [-0.25, -0.2) is 0 Å². The molecule has 0 saturated heterocycles. The Hall–Kier alpha value is -1.57.